The van der Waals surface area contributed by atoms with Crippen molar-refractivity contribution < 1.29 is 14.6 Å². The third kappa shape index (κ3) is 5.39. The van der Waals surface area contributed by atoms with Gasteiger partial charge in [-0.05, 0) is 90.0 Å². The second-order valence-corrected chi connectivity index (χ2v) is 8.89. The maximum atomic E-state index is 12.5. The van der Waals surface area contributed by atoms with Gasteiger partial charge in [-0.1, -0.05) is 24.0 Å². The summed E-state index contributed by atoms with van der Waals surface area (Å²) in [6.07, 6.45) is 15.2. The number of allylic oxidation sites excluding steroid dienone is 7. The molecule has 0 aromatic carbocycles. The Morgan fingerprint density at radius 2 is 1.71 bits per heavy atom. The van der Waals surface area contributed by atoms with Crippen LogP contribution in [0.3, 0.4) is 0 Å². The molecule has 0 saturated heterocycles. The highest BCUT2D eigenvalue weighted by Gasteiger charge is 2.32. The van der Waals surface area contributed by atoms with E-state index in [1.54, 1.807) is 6.08 Å². The molecule has 0 fully saturated rings. The molecule has 3 heteroatoms. The van der Waals surface area contributed by atoms with Crippen LogP contribution in [-0.4, -0.2) is 16.7 Å². The summed E-state index contributed by atoms with van der Waals surface area (Å²) in [6.45, 7) is 13.3. The minimum atomic E-state index is -0.860. The van der Waals surface area contributed by atoms with Crippen molar-refractivity contribution in [3.8, 4) is 0 Å². The fourth-order valence-corrected chi connectivity index (χ4v) is 2.85. The lowest BCUT2D eigenvalue weighted by atomic mass is 9.79. The minimum absolute atomic E-state index is 0.0903. The summed E-state index contributed by atoms with van der Waals surface area (Å²) in [5, 5.41) is 9.96. The molecule has 0 bridgehead atoms. The van der Waals surface area contributed by atoms with E-state index in [1.807, 2.05) is 84.9 Å². The molecule has 2 aliphatic carbocycles. The molecule has 0 saturated carbocycles. The Bertz CT molecular complexity index is 891. The van der Waals surface area contributed by atoms with E-state index >= 15 is 0 Å². The maximum absolute atomic E-state index is 12.5. The summed E-state index contributed by atoms with van der Waals surface area (Å²) in [5.41, 5.74) is 7.00. The predicted molar refractivity (Wildman–Crippen MR) is 114 cm³/mol. The lowest BCUT2D eigenvalue weighted by Crippen LogP contribution is -2.34. The van der Waals surface area contributed by atoms with Crippen molar-refractivity contribution in [2.45, 2.75) is 54.1 Å². The molecule has 148 valence electrons. The molecule has 2 unspecified atom stereocenters. The predicted octanol–water partition coefficient (Wildman–Crippen LogP) is 6.05. The van der Waals surface area contributed by atoms with Crippen LogP contribution < -0.4 is 0 Å². The van der Waals surface area contributed by atoms with Gasteiger partial charge < -0.3 is 9.84 Å². The Kier molecular flexibility index (Phi) is 5.94. The number of ether oxygens (including phenoxy) is 1. The SMILES string of the molecule is CC1=C=C(O)/C=C\C(C)(C2=C=C/C(C)=C\C(C)(OC(=O)C(C)(C)C)/C=C\2)/C=C\1. The lowest BCUT2D eigenvalue weighted by molar-refractivity contribution is -0.160. The molecule has 3 nitrogen and oxygen atoms in total. The number of hydrogen-bond acceptors (Lipinski definition) is 3. The maximum Gasteiger partial charge on any atom is 0.312 e. The fraction of sp³-hybridized carbons (Fsp3) is 0.400. The minimum Gasteiger partial charge on any atom is -0.501 e. The molecule has 2 aliphatic rings. The highest BCUT2D eigenvalue weighted by atomic mass is 16.6. The zero-order valence-electron chi connectivity index (χ0n) is 17.9. The van der Waals surface area contributed by atoms with E-state index in [0.717, 1.165) is 16.7 Å². The van der Waals surface area contributed by atoms with Gasteiger partial charge in [0.1, 0.15) is 5.60 Å². The van der Waals surface area contributed by atoms with Gasteiger partial charge in [-0.2, -0.15) is 0 Å². The summed E-state index contributed by atoms with van der Waals surface area (Å²) in [7, 11) is 0. The zero-order chi connectivity index (χ0) is 21.2. The van der Waals surface area contributed by atoms with Crippen molar-refractivity contribution in [1.29, 1.82) is 0 Å². The summed E-state index contributed by atoms with van der Waals surface area (Å²) >= 11 is 0. The summed E-state index contributed by atoms with van der Waals surface area (Å²) in [5.74, 6) is -0.168. The van der Waals surface area contributed by atoms with Crippen LogP contribution in [0, 0.1) is 10.8 Å². The van der Waals surface area contributed by atoms with Crippen LogP contribution in [0.5, 0.6) is 0 Å². The Hall–Kier alpha value is -2.73. The number of aliphatic hydroxyl groups is 1. The summed E-state index contributed by atoms with van der Waals surface area (Å²) in [4.78, 5) is 12.5. The van der Waals surface area contributed by atoms with Crippen LogP contribution in [0.15, 0.2) is 82.5 Å². The van der Waals surface area contributed by atoms with E-state index in [9.17, 15) is 9.90 Å². The van der Waals surface area contributed by atoms with Gasteiger partial charge in [0.25, 0.3) is 0 Å². The van der Waals surface area contributed by atoms with Crippen LogP contribution in [0.4, 0.5) is 0 Å². The molecule has 0 radical (unpaired) electrons. The third-order valence-electron chi connectivity index (χ3n) is 4.65. The fourth-order valence-electron chi connectivity index (χ4n) is 2.85. The van der Waals surface area contributed by atoms with Crippen molar-refractivity contribution in [2.75, 3.05) is 0 Å². The van der Waals surface area contributed by atoms with Crippen LogP contribution in [0.25, 0.3) is 0 Å². The van der Waals surface area contributed by atoms with Gasteiger partial charge >= 0.3 is 5.97 Å². The number of esters is 1. The average Bonchev–Trinajstić information content (AvgIpc) is 2.55. The monoisotopic (exact) mass is 378 g/mol. The number of hydrogen-bond donors (Lipinski definition) is 1. The van der Waals surface area contributed by atoms with Crippen molar-refractivity contribution in [1.82, 2.24) is 0 Å². The molecule has 0 aromatic rings. The van der Waals surface area contributed by atoms with Crippen LogP contribution in [0.2, 0.25) is 0 Å². The molecule has 0 amide bonds. The summed E-state index contributed by atoms with van der Waals surface area (Å²) < 4.78 is 5.84. The van der Waals surface area contributed by atoms with Gasteiger partial charge in [0, 0.05) is 11.0 Å². The highest BCUT2D eigenvalue weighted by Crippen LogP contribution is 2.35. The zero-order valence-corrected chi connectivity index (χ0v) is 17.9. The Labute approximate surface area is 168 Å². The lowest BCUT2D eigenvalue weighted by Gasteiger charge is -2.30. The first-order valence-electron chi connectivity index (χ1n) is 9.47. The second-order valence-electron chi connectivity index (χ2n) is 8.89. The Morgan fingerprint density at radius 1 is 1.07 bits per heavy atom. The first kappa shape index (κ1) is 21.6. The van der Waals surface area contributed by atoms with Crippen LogP contribution in [0.1, 0.15) is 48.5 Å². The van der Waals surface area contributed by atoms with Gasteiger partial charge in [-0.25, -0.2) is 0 Å². The van der Waals surface area contributed by atoms with Crippen LogP contribution >= 0.6 is 0 Å². The molecule has 0 spiro atoms. The molecular weight excluding hydrogens is 348 g/mol. The number of rotatable bonds is 2. The Morgan fingerprint density at radius 3 is 2.36 bits per heavy atom. The topological polar surface area (TPSA) is 46.5 Å². The van der Waals surface area contributed by atoms with Crippen molar-refractivity contribution in [3.63, 3.8) is 0 Å². The first-order valence-corrected chi connectivity index (χ1v) is 9.47. The quantitative estimate of drug-likeness (QED) is 0.470. The Balaban J connectivity index is 2.47. The molecule has 0 heterocycles. The average molecular weight is 379 g/mol. The summed E-state index contributed by atoms with van der Waals surface area (Å²) in [6, 6.07) is 0. The smallest absolute Gasteiger partial charge is 0.312 e. The van der Waals surface area contributed by atoms with Gasteiger partial charge in [-0.15, -0.1) is 5.73 Å². The number of aliphatic hydroxyl groups excluding tert-OH is 1. The first-order chi connectivity index (χ1) is 12.8. The van der Waals surface area contributed by atoms with E-state index in [0.29, 0.717) is 0 Å². The van der Waals surface area contributed by atoms with E-state index in [-0.39, 0.29) is 11.7 Å². The van der Waals surface area contributed by atoms with E-state index in [1.165, 1.54) is 0 Å². The molecule has 0 aromatic heterocycles. The van der Waals surface area contributed by atoms with E-state index in [4.69, 9.17) is 4.74 Å². The van der Waals surface area contributed by atoms with Gasteiger partial charge in [0.05, 0.1) is 5.41 Å². The van der Waals surface area contributed by atoms with Crippen LogP contribution in [-0.2, 0) is 9.53 Å². The standard InChI is InChI=1S/C25H30O3/c1-18-10-13-24(6,14-12-21(26)16-18)20-9-8-19(2)17-25(7,15-11-20)28-22(27)23(3,4)5/h8,10-15,17,26H,1-7H3/b13-10-,14-12-,15-11-,19-17-. The second kappa shape index (κ2) is 7.72. The van der Waals surface area contributed by atoms with E-state index in [2.05, 4.69) is 17.5 Å². The van der Waals surface area contributed by atoms with Gasteiger partial charge in [0.15, 0.2) is 5.76 Å². The number of carbonyl (C=O) groups excluding carboxylic acids is 1. The number of carbonyl (C=O) groups is 1. The molecule has 2 rings (SSSR count). The largest absolute Gasteiger partial charge is 0.501 e. The van der Waals surface area contributed by atoms with Crippen molar-refractivity contribution in [3.05, 3.63) is 82.5 Å². The molecule has 0 aliphatic heterocycles. The molecular formula is C25H30O3. The highest BCUT2D eigenvalue weighted by molar-refractivity contribution is 5.76. The molecule has 1 N–H and O–H groups in total. The normalized spacial score (nSPS) is 32.8. The third-order valence-corrected chi connectivity index (χ3v) is 4.65. The van der Waals surface area contributed by atoms with E-state index < -0.39 is 16.4 Å². The molecule has 2 atom stereocenters. The van der Waals surface area contributed by atoms with Crippen molar-refractivity contribution >= 4 is 5.97 Å². The van der Waals surface area contributed by atoms with Gasteiger partial charge in [-0.3, -0.25) is 4.79 Å². The van der Waals surface area contributed by atoms with Gasteiger partial charge in [0.2, 0.25) is 0 Å². The molecule has 28 heavy (non-hydrogen) atoms. The van der Waals surface area contributed by atoms with Crippen molar-refractivity contribution in [2.24, 2.45) is 10.8 Å².